The van der Waals surface area contributed by atoms with Crippen molar-refractivity contribution in [3.8, 4) is 11.5 Å². The SMILES string of the molecule is COc1ccccc1C(OCCCO)(c1ccccc1)c1ccccc1OC. The van der Waals surface area contributed by atoms with Gasteiger partial charge in [-0.2, -0.15) is 0 Å². The highest BCUT2D eigenvalue weighted by Crippen LogP contribution is 2.47. The number of para-hydroxylation sites is 2. The summed E-state index contributed by atoms with van der Waals surface area (Å²) in [5, 5.41) is 9.35. The molecule has 0 saturated heterocycles. The lowest BCUT2D eigenvalue weighted by Gasteiger charge is -2.37. The minimum absolute atomic E-state index is 0.0583. The van der Waals surface area contributed by atoms with Crippen molar-refractivity contribution in [1.29, 1.82) is 0 Å². The lowest BCUT2D eigenvalue weighted by atomic mass is 9.79. The van der Waals surface area contributed by atoms with E-state index in [2.05, 4.69) is 0 Å². The van der Waals surface area contributed by atoms with E-state index in [1.807, 2.05) is 78.9 Å². The van der Waals surface area contributed by atoms with E-state index in [-0.39, 0.29) is 6.61 Å². The van der Waals surface area contributed by atoms with Gasteiger partial charge in [-0.1, -0.05) is 66.7 Å². The van der Waals surface area contributed by atoms with Crippen molar-refractivity contribution in [2.24, 2.45) is 0 Å². The molecule has 1 N–H and O–H groups in total. The third-order valence-electron chi connectivity index (χ3n) is 4.77. The Morgan fingerprint density at radius 2 is 1.21 bits per heavy atom. The molecule has 0 spiro atoms. The van der Waals surface area contributed by atoms with Crippen LogP contribution in [0.15, 0.2) is 78.9 Å². The highest BCUT2D eigenvalue weighted by molar-refractivity contribution is 5.56. The summed E-state index contributed by atoms with van der Waals surface area (Å²) in [6.45, 7) is 0.435. The maximum atomic E-state index is 9.35. The molecule has 3 aromatic carbocycles. The maximum absolute atomic E-state index is 9.35. The number of benzene rings is 3. The molecule has 0 fully saturated rings. The number of aliphatic hydroxyl groups excluding tert-OH is 1. The zero-order valence-corrected chi connectivity index (χ0v) is 16.3. The zero-order chi connectivity index (χ0) is 19.8. The number of methoxy groups -OCH3 is 2. The van der Waals surface area contributed by atoms with Crippen LogP contribution in [0.25, 0.3) is 0 Å². The number of aliphatic hydroxyl groups is 1. The van der Waals surface area contributed by atoms with E-state index in [9.17, 15) is 5.11 Å². The second-order valence-corrected chi connectivity index (χ2v) is 6.37. The Kier molecular flexibility index (Phi) is 6.69. The van der Waals surface area contributed by atoms with Crippen molar-refractivity contribution >= 4 is 0 Å². The summed E-state index contributed by atoms with van der Waals surface area (Å²) in [7, 11) is 3.31. The third-order valence-corrected chi connectivity index (χ3v) is 4.77. The van der Waals surface area contributed by atoms with Crippen molar-refractivity contribution in [3.63, 3.8) is 0 Å². The topological polar surface area (TPSA) is 47.9 Å². The molecule has 0 saturated carbocycles. The molecule has 3 rings (SSSR count). The lowest BCUT2D eigenvalue weighted by molar-refractivity contribution is 0.00312. The Morgan fingerprint density at radius 3 is 1.71 bits per heavy atom. The number of ether oxygens (including phenoxy) is 3. The van der Waals surface area contributed by atoms with Gasteiger partial charge in [-0.15, -0.1) is 0 Å². The summed E-state index contributed by atoms with van der Waals surface area (Å²) in [4.78, 5) is 0. The van der Waals surface area contributed by atoms with Crippen LogP contribution in [-0.2, 0) is 10.3 Å². The first-order chi connectivity index (χ1) is 13.8. The molecule has 146 valence electrons. The fourth-order valence-electron chi connectivity index (χ4n) is 3.53. The summed E-state index contributed by atoms with van der Waals surface area (Å²) >= 11 is 0. The van der Waals surface area contributed by atoms with Crippen molar-refractivity contribution in [1.82, 2.24) is 0 Å². The van der Waals surface area contributed by atoms with Crippen LogP contribution in [0.3, 0.4) is 0 Å². The average molecular weight is 378 g/mol. The summed E-state index contributed by atoms with van der Waals surface area (Å²) in [6.07, 6.45) is 0.527. The van der Waals surface area contributed by atoms with Gasteiger partial charge in [0.1, 0.15) is 11.5 Å². The standard InChI is InChI=1S/C24H26O4/c1-26-22-15-8-6-13-20(22)24(28-18-10-17-25,19-11-4-3-5-12-19)21-14-7-9-16-23(21)27-2/h3-9,11-16,25H,10,17-18H2,1-2H3. The van der Waals surface area contributed by atoms with Crippen molar-refractivity contribution in [2.75, 3.05) is 27.4 Å². The van der Waals surface area contributed by atoms with E-state index in [1.54, 1.807) is 14.2 Å². The van der Waals surface area contributed by atoms with E-state index in [0.29, 0.717) is 13.0 Å². The second-order valence-electron chi connectivity index (χ2n) is 6.37. The zero-order valence-electron chi connectivity index (χ0n) is 16.3. The summed E-state index contributed by atoms with van der Waals surface area (Å²) in [5.74, 6) is 1.45. The summed E-state index contributed by atoms with van der Waals surface area (Å²) < 4.78 is 18.0. The first-order valence-electron chi connectivity index (χ1n) is 9.35. The van der Waals surface area contributed by atoms with Crippen LogP contribution in [0.2, 0.25) is 0 Å². The van der Waals surface area contributed by atoms with Gasteiger partial charge in [0.2, 0.25) is 0 Å². The fraction of sp³-hybridized carbons (Fsp3) is 0.250. The van der Waals surface area contributed by atoms with E-state index < -0.39 is 5.60 Å². The Labute approximate surface area is 166 Å². The molecule has 4 nitrogen and oxygen atoms in total. The van der Waals surface area contributed by atoms with Crippen LogP contribution in [0.1, 0.15) is 23.1 Å². The quantitative estimate of drug-likeness (QED) is 0.443. The van der Waals surface area contributed by atoms with Gasteiger partial charge in [0, 0.05) is 17.7 Å². The van der Waals surface area contributed by atoms with Gasteiger partial charge in [0.15, 0.2) is 5.60 Å². The van der Waals surface area contributed by atoms with E-state index in [1.165, 1.54) is 0 Å². The van der Waals surface area contributed by atoms with Crippen molar-refractivity contribution in [2.45, 2.75) is 12.0 Å². The number of hydrogen-bond acceptors (Lipinski definition) is 4. The van der Waals surface area contributed by atoms with Crippen LogP contribution in [0.5, 0.6) is 11.5 Å². The first kappa shape index (κ1) is 19.9. The Morgan fingerprint density at radius 1 is 0.714 bits per heavy atom. The molecule has 0 aliphatic heterocycles. The molecule has 0 aromatic heterocycles. The minimum atomic E-state index is -0.949. The predicted molar refractivity (Wildman–Crippen MR) is 110 cm³/mol. The molecule has 0 bridgehead atoms. The van der Waals surface area contributed by atoms with Gasteiger partial charge in [0.25, 0.3) is 0 Å². The summed E-state index contributed by atoms with van der Waals surface area (Å²) in [5.41, 5.74) is 1.77. The highest BCUT2D eigenvalue weighted by Gasteiger charge is 2.41. The fourth-order valence-corrected chi connectivity index (χ4v) is 3.53. The van der Waals surface area contributed by atoms with Crippen LogP contribution in [-0.4, -0.2) is 32.5 Å². The van der Waals surface area contributed by atoms with Gasteiger partial charge in [-0.3, -0.25) is 0 Å². The summed E-state index contributed by atoms with van der Waals surface area (Å²) in [6, 6.07) is 25.7. The molecule has 0 heterocycles. The normalized spacial score (nSPS) is 11.2. The molecular weight excluding hydrogens is 352 g/mol. The smallest absolute Gasteiger partial charge is 0.150 e. The van der Waals surface area contributed by atoms with Crippen LogP contribution >= 0.6 is 0 Å². The molecule has 3 aromatic rings. The molecular formula is C24H26O4. The molecule has 0 atom stereocenters. The third kappa shape index (κ3) is 3.75. The molecule has 0 aliphatic carbocycles. The van der Waals surface area contributed by atoms with Crippen molar-refractivity contribution < 1.29 is 19.3 Å². The predicted octanol–water partition coefficient (Wildman–Crippen LogP) is 4.39. The van der Waals surface area contributed by atoms with E-state index >= 15 is 0 Å². The second kappa shape index (κ2) is 9.40. The molecule has 0 radical (unpaired) electrons. The van der Waals surface area contributed by atoms with Gasteiger partial charge >= 0.3 is 0 Å². The van der Waals surface area contributed by atoms with Gasteiger partial charge in [-0.25, -0.2) is 0 Å². The molecule has 4 heteroatoms. The maximum Gasteiger partial charge on any atom is 0.150 e. The minimum Gasteiger partial charge on any atom is -0.496 e. The van der Waals surface area contributed by atoms with Gasteiger partial charge in [-0.05, 0) is 24.1 Å². The number of rotatable bonds is 9. The van der Waals surface area contributed by atoms with Gasteiger partial charge in [0.05, 0.1) is 20.8 Å². The largest absolute Gasteiger partial charge is 0.496 e. The Bertz CT molecular complexity index is 829. The van der Waals surface area contributed by atoms with E-state index in [4.69, 9.17) is 14.2 Å². The average Bonchev–Trinajstić information content (AvgIpc) is 2.77. The molecule has 0 amide bonds. The van der Waals surface area contributed by atoms with Crippen LogP contribution in [0, 0.1) is 0 Å². The van der Waals surface area contributed by atoms with Crippen molar-refractivity contribution in [3.05, 3.63) is 95.6 Å². The first-order valence-corrected chi connectivity index (χ1v) is 9.35. The number of hydrogen-bond donors (Lipinski definition) is 1. The lowest BCUT2D eigenvalue weighted by Crippen LogP contribution is -2.34. The Balaban J connectivity index is 2.35. The molecule has 0 aliphatic rings. The Hall–Kier alpha value is -2.82. The molecule has 28 heavy (non-hydrogen) atoms. The molecule has 0 unspecified atom stereocenters. The van der Waals surface area contributed by atoms with Crippen LogP contribution < -0.4 is 9.47 Å². The monoisotopic (exact) mass is 378 g/mol. The van der Waals surface area contributed by atoms with E-state index in [0.717, 1.165) is 28.2 Å². The van der Waals surface area contributed by atoms with Gasteiger partial charge < -0.3 is 19.3 Å². The van der Waals surface area contributed by atoms with Crippen LogP contribution in [0.4, 0.5) is 0 Å². The highest BCUT2D eigenvalue weighted by atomic mass is 16.5.